The lowest BCUT2D eigenvalue weighted by Gasteiger charge is -2.27. The largest absolute Gasteiger partial charge is 0.409 e. The molecule has 0 unspecified atom stereocenters. The zero-order valence-electron chi connectivity index (χ0n) is 11.3. The number of halogens is 2. The van der Waals surface area contributed by atoms with Crippen LogP contribution in [0.1, 0.15) is 30.6 Å². The van der Waals surface area contributed by atoms with Gasteiger partial charge in [-0.15, -0.1) is 0 Å². The van der Waals surface area contributed by atoms with E-state index in [1.165, 1.54) is 6.07 Å². The molecule has 7 heteroatoms. The molecule has 20 heavy (non-hydrogen) atoms. The van der Waals surface area contributed by atoms with Gasteiger partial charge in [0.05, 0.1) is 10.6 Å². The predicted molar refractivity (Wildman–Crippen MR) is 80.7 cm³/mol. The van der Waals surface area contributed by atoms with E-state index in [1.54, 1.807) is 17.0 Å². The number of rotatable bonds is 5. The number of benzene rings is 1. The van der Waals surface area contributed by atoms with Gasteiger partial charge in [-0.05, 0) is 32.0 Å². The summed E-state index contributed by atoms with van der Waals surface area (Å²) in [6.07, 6.45) is 0.283. The van der Waals surface area contributed by atoms with Gasteiger partial charge in [0.15, 0.2) is 0 Å². The van der Waals surface area contributed by atoms with Crippen LogP contribution in [-0.4, -0.2) is 34.4 Å². The Bertz CT molecular complexity index is 518. The van der Waals surface area contributed by atoms with E-state index in [2.05, 4.69) is 5.16 Å². The van der Waals surface area contributed by atoms with Gasteiger partial charge >= 0.3 is 0 Å². The molecule has 3 N–H and O–H groups in total. The summed E-state index contributed by atoms with van der Waals surface area (Å²) in [6, 6.07) is 4.69. The third-order valence-corrected chi connectivity index (χ3v) is 3.33. The van der Waals surface area contributed by atoms with E-state index in [4.69, 9.17) is 34.1 Å². The van der Waals surface area contributed by atoms with Gasteiger partial charge in [-0.3, -0.25) is 4.79 Å². The van der Waals surface area contributed by atoms with E-state index in [1.807, 2.05) is 13.8 Å². The summed E-state index contributed by atoms with van der Waals surface area (Å²) in [4.78, 5) is 14.1. The van der Waals surface area contributed by atoms with Gasteiger partial charge in [0, 0.05) is 24.0 Å². The third kappa shape index (κ3) is 4.28. The summed E-state index contributed by atoms with van der Waals surface area (Å²) < 4.78 is 0. The monoisotopic (exact) mass is 317 g/mol. The van der Waals surface area contributed by atoms with Crippen LogP contribution in [0.4, 0.5) is 0 Å². The minimum atomic E-state index is -0.215. The number of carbonyl (C=O) groups is 1. The van der Waals surface area contributed by atoms with Crippen LogP contribution >= 0.6 is 23.2 Å². The van der Waals surface area contributed by atoms with Crippen LogP contribution in [0.3, 0.4) is 0 Å². The maximum Gasteiger partial charge on any atom is 0.255 e. The fraction of sp³-hybridized carbons (Fsp3) is 0.385. The summed E-state index contributed by atoms with van der Waals surface area (Å²) in [5.74, 6) is -0.141. The first kappa shape index (κ1) is 16.6. The van der Waals surface area contributed by atoms with E-state index in [-0.39, 0.29) is 24.2 Å². The summed E-state index contributed by atoms with van der Waals surface area (Å²) >= 11 is 11.9. The molecule has 0 radical (unpaired) electrons. The highest BCUT2D eigenvalue weighted by Gasteiger charge is 2.21. The van der Waals surface area contributed by atoms with Crippen molar-refractivity contribution in [1.82, 2.24) is 4.90 Å². The second-order valence-corrected chi connectivity index (χ2v) is 5.40. The lowest BCUT2D eigenvalue weighted by molar-refractivity contribution is 0.0711. The molecule has 1 rings (SSSR count). The molecule has 0 heterocycles. The summed E-state index contributed by atoms with van der Waals surface area (Å²) in [5, 5.41) is 12.2. The molecular formula is C13H17Cl2N3O2. The van der Waals surface area contributed by atoms with Gasteiger partial charge in [-0.2, -0.15) is 0 Å². The van der Waals surface area contributed by atoms with Crippen molar-refractivity contribution in [3.63, 3.8) is 0 Å². The van der Waals surface area contributed by atoms with E-state index < -0.39 is 0 Å². The molecule has 1 aromatic carbocycles. The maximum absolute atomic E-state index is 12.5. The van der Waals surface area contributed by atoms with Gasteiger partial charge in [0.1, 0.15) is 5.84 Å². The average Bonchev–Trinajstić information content (AvgIpc) is 2.37. The van der Waals surface area contributed by atoms with E-state index in [9.17, 15) is 4.79 Å². The summed E-state index contributed by atoms with van der Waals surface area (Å²) in [6.45, 7) is 4.10. The quantitative estimate of drug-likeness (QED) is 0.379. The van der Waals surface area contributed by atoms with Crippen molar-refractivity contribution in [3.05, 3.63) is 33.8 Å². The van der Waals surface area contributed by atoms with Crippen molar-refractivity contribution in [3.8, 4) is 0 Å². The Morgan fingerprint density at radius 1 is 1.45 bits per heavy atom. The molecule has 110 valence electrons. The highest BCUT2D eigenvalue weighted by atomic mass is 35.5. The number of nitrogens with zero attached hydrogens (tertiary/aromatic N) is 2. The van der Waals surface area contributed by atoms with Crippen molar-refractivity contribution in [2.75, 3.05) is 6.54 Å². The minimum Gasteiger partial charge on any atom is -0.409 e. The Kier molecular flexibility index (Phi) is 6.10. The molecule has 0 aliphatic heterocycles. The topological polar surface area (TPSA) is 78.9 Å². The van der Waals surface area contributed by atoms with Crippen molar-refractivity contribution in [1.29, 1.82) is 0 Å². The Morgan fingerprint density at radius 2 is 2.10 bits per heavy atom. The van der Waals surface area contributed by atoms with E-state index in [0.29, 0.717) is 22.2 Å². The van der Waals surface area contributed by atoms with Crippen LogP contribution in [0.25, 0.3) is 0 Å². The molecule has 0 aromatic heterocycles. The number of hydrogen-bond donors (Lipinski definition) is 2. The lowest BCUT2D eigenvalue weighted by Crippen LogP contribution is -2.39. The first-order chi connectivity index (χ1) is 9.36. The number of hydrogen-bond acceptors (Lipinski definition) is 3. The molecule has 0 fully saturated rings. The first-order valence-electron chi connectivity index (χ1n) is 6.09. The SMILES string of the molecule is CC(C)N(CCC(N)=NO)C(=O)c1ccc(Cl)cc1Cl. The molecule has 0 saturated carbocycles. The zero-order chi connectivity index (χ0) is 15.3. The Balaban J connectivity index is 2.94. The molecule has 0 aliphatic rings. The molecule has 0 spiro atoms. The van der Waals surface area contributed by atoms with E-state index >= 15 is 0 Å². The molecule has 1 amide bonds. The van der Waals surface area contributed by atoms with Gasteiger partial charge in [-0.1, -0.05) is 28.4 Å². The van der Waals surface area contributed by atoms with Crippen LogP contribution < -0.4 is 5.73 Å². The minimum absolute atomic E-state index is 0.0410. The van der Waals surface area contributed by atoms with Crippen LogP contribution in [-0.2, 0) is 0 Å². The molecule has 5 nitrogen and oxygen atoms in total. The average molecular weight is 318 g/mol. The summed E-state index contributed by atoms with van der Waals surface area (Å²) in [7, 11) is 0. The van der Waals surface area contributed by atoms with Crippen LogP contribution in [0.2, 0.25) is 10.0 Å². The highest BCUT2D eigenvalue weighted by molar-refractivity contribution is 6.36. The molecule has 0 saturated heterocycles. The molecule has 0 bridgehead atoms. The molecule has 0 atom stereocenters. The molecule has 0 aliphatic carbocycles. The van der Waals surface area contributed by atoms with Crippen molar-refractivity contribution >= 4 is 34.9 Å². The van der Waals surface area contributed by atoms with Gasteiger partial charge in [0.2, 0.25) is 0 Å². The molecule has 1 aromatic rings. The number of amidine groups is 1. The Hall–Kier alpha value is -1.46. The third-order valence-electron chi connectivity index (χ3n) is 2.78. The van der Waals surface area contributed by atoms with Crippen LogP contribution in [0, 0.1) is 0 Å². The maximum atomic E-state index is 12.5. The van der Waals surface area contributed by atoms with Crippen molar-refractivity contribution < 1.29 is 10.0 Å². The highest BCUT2D eigenvalue weighted by Crippen LogP contribution is 2.23. The fourth-order valence-corrected chi connectivity index (χ4v) is 2.19. The molecular weight excluding hydrogens is 301 g/mol. The van der Waals surface area contributed by atoms with E-state index in [0.717, 1.165) is 0 Å². The predicted octanol–water partition coefficient (Wildman–Crippen LogP) is 2.98. The Morgan fingerprint density at radius 3 is 2.60 bits per heavy atom. The number of amides is 1. The van der Waals surface area contributed by atoms with Gasteiger partial charge < -0.3 is 15.8 Å². The standard InChI is InChI=1S/C13H17Cl2N3O2/c1-8(2)18(6-5-12(16)17-20)13(19)10-4-3-9(14)7-11(10)15/h3-4,7-8,20H,5-6H2,1-2H3,(H2,16,17). The van der Waals surface area contributed by atoms with Gasteiger partial charge in [0.25, 0.3) is 5.91 Å². The normalized spacial score (nSPS) is 11.8. The second kappa shape index (κ2) is 7.36. The first-order valence-corrected chi connectivity index (χ1v) is 6.84. The smallest absolute Gasteiger partial charge is 0.255 e. The van der Waals surface area contributed by atoms with Crippen LogP contribution in [0.15, 0.2) is 23.4 Å². The fourth-order valence-electron chi connectivity index (χ4n) is 1.70. The zero-order valence-corrected chi connectivity index (χ0v) is 12.8. The number of oxime groups is 1. The van der Waals surface area contributed by atoms with Crippen molar-refractivity contribution in [2.45, 2.75) is 26.3 Å². The van der Waals surface area contributed by atoms with Crippen LogP contribution in [0.5, 0.6) is 0 Å². The van der Waals surface area contributed by atoms with Crippen molar-refractivity contribution in [2.24, 2.45) is 10.9 Å². The van der Waals surface area contributed by atoms with Gasteiger partial charge in [-0.25, -0.2) is 0 Å². The lowest BCUT2D eigenvalue weighted by atomic mass is 10.1. The summed E-state index contributed by atoms with van der Waals surface area (Å²) in [5.41, 5.74) is 5.81. The number of nitrogens with two attached hydrogens (primary N) is 1. The Labute approximate surface area is 127 Å². The second-order valence-electron chi connectivity index (χ2n) is 4.56. The number of carbonyl (C=O) groups excluding carboxylic acids is 1.